The van der Waals surface area contributed by atoms with Crippen LogP contribution in [0.2, 0.25) is 0 Å². The molecule has 19 heavy (non-hydrogen) atoms. The maximum Gasteiger partial charge on any atom is 0.180 e. The van der Waals surface area contributed by atoms with Crippen molar-refractivity contribution in [2.75, 3.05) is 0 Å². The van der Waals surface area contributed by atoms with Crippen LogP contribution in [0.25, 0.3) is 22.6 Å². The Bertz CT molecular complexity index is 762. The molecule has 0 aliphatic heterocycles. The number of carbonyl (C=O) groups is 1. The third-order valence-electron chi connectivity index (χ3n) is 3.05. The highest BCUT2D eigenvalue weighted by Crippen LogP contribution is 2.23. The van der Waals surface area contributed by atoms with E-state index >= 15 is 0 Å². The van der Waals surface area contributed by atoms with Crippen LogP contribution in [0.3, 0.4) is 0 Å². The van der Waals surface area contributed by atoms with Crippen LogP contribution in [0.5, 0.6) is 0 Å². The minimum absolute atomic E-state index is 0.573. The van der Waals surface area contributed by atoms with Crippen molar-refractivity contribution in [3.63, 3.8) is 0 Å². The average Bonchev–Trinajstić information content (AvgIpc) is 2.77. The van der Waals surface area contributed by atoms with Gasteiger partial charge < -0.3 is 4.57 Å². The smallest absolute Gasteiger partial charge is 0.180 e. The number of hydrogen-bond acceptors (Lipinski definition) is 4. The van der Waals surface area contributed by atoms with Crippen LogP contribution in [0, 0.1) is 6.92 Å². The molecule has 3 aromatic heterocycles. The Morgan fingerprint density at radius 1 is 1.26 bits per heavy atom. The molecule has 5 nitrogen and oxygen atoms in total. The molecule has 5 heteroatoms. The molecular weight excluding hydrogens is 240 g/mol. The van der Waals surface area contributed by atoms with Gasteiger partial charge in [-0.05, 0) is 19.1 Å². The lowest BCUT2D eigenvalue weighted by Gasteiger charge is -2.03. The molecule has 0 aliphatic rings. The first-order chi connectivity index (χ1) is 9.20. The van der Waals surface area contributed by atoms with Gasteiger partial charge in [-0.3, -0.25) is 9.78 Å². The summed E-state index contributed by atoms with van der Waals surface area (Å²) in [6.07, 6.45) is 4.31. The van der Waals surface area contributed by atoms with Crippen molar-refractivity contribution in [1.82, 2.24) is 19.5 Å². The van der Waals surface area contributed by atoms with Gasteiger partial charge in [0.05, 0.1) is 11.1 Å². The zero-order valence-electron chi connectivity index (χ0n) is 10.7. The molecule has 0 bridgehead atoms. The van der Waals surface area contributed by atoms with E-state index in [9.17, 15) is 4.79 Å². The summed E-state index contributed by atoms with van der Waals surface area (Å²) in [5, 5.41) is 0.803. The molecule has 0 N–H and O–H groups in total. The van der Waals surface area contributed by atoms with Crippen molar-refractivity contribution in [1.29, 1.82) is 0 Å². The number of carbonyl (C=O) groups excluding carboxylic acids is 1. The highest BCUT2D eigenvalue weighted by Gasteiger charge is 2.14. The topological polar surface area (TPSA) is 60.7 Å². The Kier molecular flexibility index (Phi) is 2.59. The van der Waals surface area contributed by atoms with Crippen LogP contribution in [-0.2, 0) is 7.05 Å². The first-order valence-electron chi connectivity index (χ1n) is 5.91. The normalized spacial score (nSPS) is 10.8. The molecule has 3 aromatic rings. The summed E-state index contributed by atoms with van der Waals surface area (Å²) >= 11 is 0. The van der Waals surface area contributed by atoms with Crippen LogP contribution >= 0.6 is 0 Å². The first-order valence-corrected chi connectivity index (χ1v) is 5.91. The third-order valence-corrected chi connectivity index (χ3v) is 3.05. The molecule has 0 aromatic carbocycles. The standard InChI is InChI=1S/C14H12N4O/c1-9-12-10(8-19)7-18(2)14(12)17-13(16-9)11-5-3-4-6-15-11/h3-8H,1-2H3. The fourth-order valence-corrected chi connectivity index (χ4v) is 2.18. The van der Waals surface area contributed by atoms with E-state index in [2.05, 4.69) is 15.0 Å². The number of aldehydes is 1. The number of aromatic nitrogens is 4. The molecule has 0 atom stereocenters. The van der Waals surface area contributed by atoms with Crippen molar-refractivity contribution >= 4 is 17.3 Å². The van der Waals surface area contributed by atoms with Gasteiger partial charge >= 0.3 is 0 Å². The Balaban J connectivity index is 2.31. The molecule has 0 amide bonds. The second-order valence-corrected chi connectivity index (χ2v) is 4.36. The summed E-state index contributed by atoms with van der Waals surface area (Å²) in [6, 6.07) is 5.61. The van der Waals surface area contributed by atoms with Gasteiger partial charge in [-0.15, -0.1) is 0 Å². The van der Waals surface area contributed by atoms with E-state index < -0.39 is 0 Å². The lowest BCUT2D eigenvalue weighted by atomic mass is 10.2. The van der Waals surface area contributed by atoms with E-state index in [0.29, 0.717) is 11.4 Å². The zero-order valence-corrected chi connectivity index (χ0v) is 10.7. The number of fused-ring (bicyclic) bond motifs is 1. The molecule has 0 saturated heterocycles. The van der Waals surface area contributed by atoms with Crippen LogP contribution < -0.4 is 0 Å². The highest BCUT2D eigenvalue weighted by atomic mass is 16.1. The van der Waals surface area contributed by atoms with Crippen LogP contribution in [0.15, 0.2) is 30.6 Å². The zero-order chi connectivity index (χ0) is 13.4. The number of pyridine rings is 1. The summed E-state index contributed by atoms with van der Waals surface area (Å²) in [6.45, 7) is 1.88. The largest absolute Gasteiger partial charge is 0.335 e. The van der Waals surface area contributed by atoms with Gasteiger partial charge in [0.15, 0.2) is 12.1 Å². The van der Waals surface area contributed by atoms with Crippen LogP contribution in [0.1, 0.15) is 16.1 Å². The summed E-state index contributed by atoms with van der Waals surface area (Å²) in [7, 11) is 1.87. The molecule has 0 fully saturated rings. The molecule has 94 valence electrons. The van der Waals surface area contributed by atoms with Crippen molar-refractivity contribution in [3.05, 3.63) is 41.9 Å². The molecule has 0 radical (unpaired) electrons. The summed E-state index contributed by atoms with van der Waals surface area (Å²) in [5.41, 5.74) is 2.87. The predicted molar refractivity (Wildman–Crippen MR) is 71.9 cm³/mol. The average molecular weight is 252 g/mol. The number of aryl methyl sites for hydroxylation is 2. The van der Waals surface area contributed by atoms with Crippen LogP contribution in [0.4, 0.5) is 0 Å². The SMILES string of the molecule is Cc1nc(-c2ccccn2)nc2c1c(C=O)cn2C. The van der Waals surface area contributed by atoms with Gasteiger partial charge in [-0.25, -0.2) is 9.97 Å². The first kappa shape index (κ1) is 11.5. The molecule has 0 saturated carbocycles. The number of nitrogens with zero attached hydrogens (tertiary/aromatic N) is 4. The summed E-state index contributed by atoms with van der Waals surface area (Å²) in [4.78, 5) is 24.3. The minimum Gasteiger partial charge on any atom is -0.335 e. The molecule has 0 aliphatic carbocycles. The second-order valence-electron chi connectivity index (χ2n) is 4.36. The van der Waals surface area contributed by atoms with Crippen molar-refractivity contribution in [2.24, 2.45) is 7.05 Å². The van der Waals surface area contributed by atoms with Crippen molar-refractivity contribution in [2.45, 2.75) is 6.92 Å². The maximum atomic E-state index is 11.1. The summed E-state index contributed by atoms with van der Waals surface area (Å²) in [5.74, 6) is 0.573. The number of hydrogen-bond donors (Lipinski definition) is 0. The second kappa shape index (κ2) is 4.28. The Morgan fingerprint density at radius 3 is 2.79 bits per heavy atom. The van der Waals surface area contributed by atoms with Gasteiger partial charge in [-0.2, -0.15) is 0 Å². The van der Waals surface area contributed by atoms with E-state index in [1.165, 1.54) is 0 Å². The Hall–Kier alpha value is -2.56. The number of rotatable bonds is 2. The van der Waals surface area contributed by atoms with E-state index in [4.69, 9.17) is 0 Å². The fraction of sp³-hybridized carbons (Fsp3) is 0.143. The molecule has 0 unspecified atom stereocenters. The lowest BCUT2D eigenvalue weighted by molar-refractivity contribution is 0.112. The minimum atomic E-state index is 0.573. The van der Waals surface area contributed by atoms with Crippen molar-refractivity contribution < 1.29 is 4.79 Å². The quantitative estimate of drug-likeness (QED) is 0.656. The summed E-state index contributed by atoms with van der Waals surface area (Å²) < 4.78 is 1.83. The molecular formula is C14H12N4O. The predicted octanol–water partition coefficient (Wildman–Crippen LogP) is 2.15. The lowest BCUT2D eigenvalue weighted by Crippen LogP contribution is -1.97. The fourth-order valence-electron chi connectivity index (χ4n) is 2.18. The Morgan fingerprint density at radius 2 is 2.11 bits per heavy atom. The van der Waals surface area contributed by atoms with Gasteiger partial charge in [0.2, 0.25) is 0 Å². The maximum absolute atomic E-state index is 11.1. The van der Waals surface area contributed by atoms with Crippen LogP contribution in [-0.4, -0.2) is 25.8 Å². The van der Waals surface area contributed by atoms with E-state index in [1.807, 2.05) is 36.7 Å². The van der Waals surface area contributed by atoms with Gasteiger partial charge in [0.25, 0.3) is 0 Å². The Labute approximate surface area is 110 Å². The molecule has 3 heterocycles. The molecule has 3 rings (SSSR count). The monoisotopic (exact) mass is 252 g/mol. The van der Waals surface area contributed by atoms with Crippen molar-refractivity contribution in [3.8, 4) is 11.5 Å². The van der Waals surface area contributed by atoms with E-state index in [-0.39, 0.29) is 0 Å². The highest BCUT2D eigenvalue weighted by molar-refractivity contribution is 5.97. The molecule has 0 spiro atoms. The van der Waals surface area contributed by atoms with E-state index in [1.54, 1.807) is 12.4 Å². The van der Waals surface area contributed by atoms with Gasteiger partial charge in [0, 0.05) is 25.0 Å². The van der Waals surface area contributed by atoms with Gasteiger partial charge in [-0.1, -0.05) is 6.07 Å². The van der Waals surface area contributed by atoms with Gasteiger partial charge in [0.1, 0.15) is 11.3 Å². The van der Waals surface area contributed by atoms with E-state index in [0.717, 1.165) is 28.7 Å². The third kappa shape index (κ3) is 1.79.